The molecular formula is C24H40N2O4SSi. The molecule has 8 heteroatoms. The standard InChI is InChI=1S/C24H40N2O4SSi/c1-23(2)18-13-14-24(23)17-31(29,30)26(21(24)16-18)22(27)20-12-11-19(25(20)28)10-8-6-7-9-15-32(3,4)5/h9,15,18,20-21H,6-8,10-14,16-17H2,1-5H3/b15-9+/t18-,20-,21-,24-/m1/s1. The molecule has 6 nitrogen and oxygen atoms in total. The molecule has 2 aliphatic heterocycles. The number of hydrogen-bond donors (Lipinski definition) is 0. The molecule has 3 fully saturated rings. The van der Waals surface area contributed by atoms with Crippen LogP contribution in [0.2, 0.25) is 19.6 Å². The molecule has 0 unspecified atom stereocenters. The first kappa shape index (κ1) is 24.0. The van der Waals surface area contributed by atoms with Gasteiger partial charge in [-0.1, -0.05) is 45.3 Å². The van der Waals surface area contributed by atoms with Crippen LogP contribution >= 0.6 is 0 Å². The number of carbonyl (C=O) groups is 1. The van der Waals surface area contributed by atoms with Gasteiger partial charge in [0.1, 0.15) is 0 Å². The molecule has 0 radical (unpaired) electrons. The summed E-state index contributed by atoms with van der Waals surface area (Å²) < 4.78 is 28.3. The van der Waals surface area contributed by atoms with E-state index in [0.29, 0.717) is 25.2 Å². The van der Waals surface area contributed by atoms with Crippen LogP contribution in [-0.4, -0.2) is 55.0 Å². The molecule has 0 N–H and O–H groups in total. The van der Waals surface area contributed by atoms with Gasteiger partial charge in [-0.2, -0.15) is 0 Å². The summed E-state index contributed by atoms with van der Waals surface area (Å²) in [6.45, 7) is 11.3. The predicted molar refractivity (Wildman–Crippen MR) is 131 cm³/mol. The summed E-state index contributed by atoms with van der Waals surface area (Å²) in [7, 11) is -4.83. The zero-order valence-electron chi connectivity index (χ0n) is 20.4. The lowest BCUT2D eigenvalue weighted by Crippen LogP contribution is -2.49. The van der Waals surface area contributed by atoms with Crippen molar-refractivity contribution >= 4 is 29.7 Å². The van der Waals surface area contributed by atoms with Gasteiger partial charge in [-0.3, -0.25) is 4.79 Å². The average Bonchev–Trinajstić information content (AvgIpc) is 3.29. The van der Waals surface area contributed by atoms with Gasteiger partial charge in [-0.15, -0.1) is 0 Å². The predicted octanol–water partition coefficient (Wildman–Crippen LogP) is 4.46. The van der Waals surface area contributed by atoms with Crippen molar-refractivity contribution in [2.45, 2.75) is 103 Å². The first-order valence-corrected chi connectivity index (χ1v) is 17.5. The normalized spacial score (nSPS) is 35.3. The fourth-order valence-corrected chi connectivity index (χ4v) is 10.4. The highest BCUT2D eigenvalue weighted by Crippen LogP contribution is 2.70. The van der Waals surface area contributed by atoms with Crippen LogP contribution in [-0.2, 0) is 14.8 Å². The third-order valence-electron chi connectivity index (χ3n) is 8.92. The zero-order chi connectivity index (χ0) is 23.5. The number of hydroxylamine groups is 1. The number of carbonyl (C=O) groups excluding carboxylic acids is 1. The number of hydrogen-bond acceptors (Lipinski definition) is 4. The quantitative estimate of drug-likeness (QED) is 0.233. The third kappa shape index (κ3) is 3.79. The lowest BCUT2D eigenvalue weighted by Gasteiger charge is -2.37. The van der Waals surface area contributed by atoms with Crippen molar-refractivity contribution in [3.63, 3.8) is 0 Å². The number of nitrogens with zero attached hydrogens (tertiary/aromatic N) is 2. The van der Waals surface area contributed by atoms with Crippen LogP contribution in [0.25, 0.3) is 0 Å². The zero-order valence-corrected chi connectivity index (χ0v) is 22.2. The van der Waals surface area contributed by atoms with Crippen molar-refractivity contribution in [1.82, 2.24) is 4.31 Å². The Balaban J connectivity index is 1.42. The van der Waals surface area contributed by atoms with E-state index in [4.69, 9.17) is 0 Å². The van der Waals surface area contributed by atoms with E-state index in [-0.39, 0.29) is 22.6 Å². The number of amides is 1. The van der Waals surface area contributed by atoms with E-state index in [1.165, 1.54) is 4.31 Å². The molecule has 4 aliphatic rings. The minimum atomic E-state index is -3.67. The second kappa shape index (κ2) is 7.96. The largest absolute Gasteiger partial charge is 0.623 e. The molecule has 2 aliphatic carbocycles. The fraction of sp³-hybridized carbons (Fsp3) is 0.833. The van der Waals surface area contributed by atoms with E-state index in [1.54, 1.807) is 0 Å². The first-order valence-electron chi connectivity index (χ1n) is 12.3. The molecule has 1 amide bonds. The Morgan fingerprint density at radius 1 is 1.25 bits per heavy atom. The fourth-order valence-electron chi connectivity index (χ4n) is 6.96. The van der Waals surface area contributed by atoms with Crippen LogP contribution in [0.15, 0.2) is 11.8 Å². The van der Waals surface area contributed by atoms with Gasteiger partial charge in [-0.25, -0.2) is 17.5 Å². The van der Waals surface area contributed by atoms with Crippen LogP contribution in [0, 0.1) is 22.0 Å². The number of rotatable bonds is 7. The number of fused-ring (bicyclic) bond motifs is 1. The van der Waals surface area contributed by atoms with E-state index < -0.39 is 30.0 Å². The molecule has 0 aromatic heterocycles. The van der Waals surface area contributed by atoms with Crippen LogP contribution < -0.4 is 0 Å². The van der Waals surface area contributed by atoms with E-state index in [1.807, 2.05) is 0 Å². The summed E-state index contributed by atoms with van der Waals surface area (Å²) in [5, 5.41) is 13.0. The minimum absolute atomic E-state index is 0.0625. The third-order valence-corrected chi connectivity index (χ3v) is 12.1. The van der Waals surface area contributed by atoms with E-state index in [0.717, 1.165) is 49.0 Å². The number of unbranched alkanes of at least 4 members (excludes halogenated alkanes) is 2. The Kier molecular flexibility index (Phi) is 5.97. The van der Waals surface area contributed by atoms with Crippen molar-refractivity contribution in [2.75, 3.05) is 5.75 Å². The molecule has 32 heavy (non-hydrogen) atoms. The topological polar surface area (TPSA) is 80.5 Å². The Hall–Kier alpha value is -1.15. The van der Waals surface area contributed by atoms with Crippen LogP contribution in [0.4, 0.5) is 0 Å². The Labute approximate surface area is 194 Å². The summed E-state index contributed by atoms with van der Waals surface area (Å²) in [4.78, 5) is 13.4. The summed E-state index contributed by atoms with van der Waals surface area (Å²) in [6.07, 6.45) is 9.63. The molecule has 0 aromatic carbocycles. The molecule has 2 bridgehead atoms. The number of sulfonamides is 1. The molecule has 4 rings (SSSR count). The molecule has 2 saturated carbocycles. The van der Waals surface area contributed by atoms with E-state index in [9.17, 15) is 18.4 Å². The van der Waals surface area contributed by atoms with Crippen molar-refractivity contribution < 1.29 is 18.0 Å². The van der Waals surface area contributed by atoms with Gasteiger partial charge in [0.15, 0.2) is 5.71 Å². The lowest BCUT2D eigenvalue weighted by molar-refractivity contribution is -0.479. The van der Waals surface area contributed by atoms with Crippen molar-refractivity contribution in [2.24, 2.45) is 16.7 Å². The van der Waals surface area contributed by atoms with Crippen molar-refractivity contribution in [3.05, 3.63) is 17.0 Å². The van der Waals surface area contributed by atoms with Gasteiger partial charge >= 0.3 is 5.91 Å². The Morgan fingerprint density at radius 3 is 2.62 bits per heavy atom. The van der Waals surface area contributed by atoms with Gasteiger partial charge in [-0.05, 0) is 49.9 Å². The number of allylic oxidation sites excluding steroid dienone is 1. The summed E-state index contributed by atoms with van der Waals surface area (Å²) >= 11 is 0. The summed E-state index contributed by atoms with van der Waals surface area (Å²) in [5.74, 6) is 0.0492. The highest BCUT2D eigenvalue weighted by molar-refractivity contribution is 7.90. The molecule has 1 saturated heterocycles. The maximum absolute atomic E-state index is 13.4. The lowest BCUT2D eigenvalue weighted by atomic mass is 9.69. The Morgan fingerprint density at radius 2 is 1.97 bits per heavy atom. The molecule has 2 heterocycles. The van der Waals surface area contributed by atoms with E-state index in [2.05, 4.69) is 45.3 Å². The SMILES string of the molecule is CC1(C)[C@@H]2CC[C@]13CS(=O)(=O)N(C(=O)[C@H]1CCC(CCCC/C=C/[Si](C)(C)C)=[N+]1[O-])[C@@H]3C2. The van der Waals surface area contributed by atoms with E-state index >= 15 is 0 Å². The van der Waals surface area contributed by atoms with Crippen molar-refractivity contribution in [3.8, 4) is 0 Å². The van der Waals surface area contributed by atoms with Crippen LogP contribution in [0.5, 0.6) is 0 Å². The smallest absolute Gasteiger partial charge is 0.306 e. The van der Waals surface area contributed by atoms with Gasteiger partial charge in [0.2, 0.25) is 16.1 Å². The van der Waals surface area contributed by atoms with Gasteiger partial charge < -0.3 is 5.21 Å². The molecular weight excluding hydrogens is 440 g/mol. The molecule has 4 atom stereocenters. The second-order valence-corrected chi connectivity index (χ2v) is 19.1. The maximum atomic E-state index is 13.4. The molecule has 180 valence electrons. The van der Waals surface area contributed by atoms with Crippen LogP contribution in [0.3, 0.4) is 0 Å². The summed E-state index contributed by atoms with van der Waals surface area (Å²) in [6, 6.07) is -1.13. The maximum Gasteiger partial charge on any atom is 0.306 e. The summed E-state index contributed by atoms with van der Waals surface area (Å²) in [5.41, 5.74) is 2.70. The first-order chi connectivity index (χ1) is 14.8. The highest BCUT2D eigenvalue weighted by atomic mass is 32.2. The highest BCUT2D eigenvalue weighted by Gasteiger charge is 2.72. The molecule has 0 aromatic rings. The van der Waals surface area contributed by atoms with Crippen LogP contribution in [0.1, 0.15) is 71.6 Å². The minimum Gasteiger partial charge on any atom is -0.623 e. The monoisotopic (exact) mass is 480 g/mol. The van der Waals surface area contributed by atoms with Gasteiger partial charge in [0.25, 0.3) is 0 Å². The van der Waals surface area contributed by atoms with Crippen molar-refractivity contribution in [1.29, 1.82) is 0 Å². The molecule has 1 spiro atoms. The average molecular weight is 481 g/mol. The second-order valence-electron chi connectivity index (χ2n) is 12.2. The Bertz CT molecular complexity index is 950. The van der Waals surface area contributed by atoms with Gasteiger partial charge in [0, 0.05) is 24.7 Å². The van der Waals surface area contributed by atoms with Gasteiger partial charge in [0.05, 0.1) is 19.9 Å².